The molecule has 7 nitrogen and oxygen atoms in total. The number of ether oxygens (including phenoxy) is 1. The molecule has 0 unspecified atom stereocenters. The van der Waals surface area contributed by atoms with Crippen molar-refractivity contribution in [1.29, 1.82) is 0 Å². The van der Waals surface area contributed by atoms with Gasteiger partial charge >= 0.3 is 0 Å². The number of carbonyl (C=O) groups is 3. The molecule has 2 aromatic rings. The summed E-state index contributed by atoms with van der Waals surface area (Å²) < 4.78 is 6.43. The Labute approximate surface area is 248 Å². The predicted molar refractivity (Wildman–Crippen MR) is 154 cm³/mol. The second-order valence-electron chi connectivity index (χ2n) is 11.0. The Kier molecular flexibility index (Phi) is 7.59. The number of rotatable bonds is 7. The lowest BCUT2D eigenvalue weighted by Gasteiger charge is -2.34. The van der Waals surface area contributed by atoms with Crippen molar-refractivity contribution < 1.29 is 19.1 Å². The average Bonchev–Trinajstić information content (AvgIpc) is 3.58. The SMILES string of the molecule is O=C(Nc1ccc(Cl)c(Cl)c1)[C@@H]1[C@@H]2C=C[C@]3(O2)[C@@H]1C(=O)N(CCc1ccccc1Cl)[C@H]3C(=O)NC1CCCCC1. The molecule has 3 heterocycles. The number of anilines is 1. The fraction of sp³-hybridized carbons (Fsp3) is 0.433. The highest BCUT2D eigenvalue weighted by atomic mass is 35.5. The van der Waals surface area contributed by atoms with E-state index < -0.39 is 29.6 Å². The molecular formula is C30H30Cl3N3O4. The lowest BCUT2D eigenvalue weighted by Crippen LogP contribution is -2.56. The highest BCUT2D eigenvalue weighted by Gasteiger charge is 2.72. The maximum atomic E-state index is 14.1. The zero-order chi connectivity index (χ0) is 28.0. The van der Waals surface area contributed by atoms with Gasteiger partial charge in [0.05, 0.1) is 28.0 Å². The Morgan fingerprint density at radius 2 is 1.75 bits per heavy atom. The topological polar surface area (TPSA) is 87.7 Å². The summed E-state index contributed by atoms with van der Waals surface area (Å²) in [5.41, 5.74) is 0.126. The Hall–Kier alpha value is -2.58. The second kappa shape index (κ2) is 11.0. The van der Waals surface area contributed by atoms with E-state index in [1.165, 1.54) is 0 Å². The van der Waals surface area contributed by atoms with E-state index in [1.54, 1.807) is 35.2 Å². The molecule has 210 valence electrons. The Morgan fingerprint density at radius 1 is 0.975 bits per heavy atom. The molecule has 6 rings (SSSR count). The number of halogens is 3. The van der Waals surface area contributed by atoms with Gasteiger partial charge in [-0.25, -0.2) is 0 Å². The maximum Gasteiger partial charge on any atom is 0.246 e. The number of nitrogens with zero attached hydrogens (tertiary/aromatic N) is 1. The fourth-order valence-corrected chi connectivity index (χ4v) is 7.30. The summed E-state index contributed by atoms with van der Waals surface area (Å²) in [5.74, 6) is -2.51. The minimum absolute atomic E-state index is 0.0635. The zero-order valence-electron chi connectivity index (χ0n) is 21.7. The van der Waals surface area contributed by atoms with Gasteiger partial charge in [-0.1, -0.05) is 84.4 Å². The summed E-state index contributed by atoms with van der Waals surface area (Å²) in [7, 11) is 0. The van der Waals surface area contributed by atoms with E-state index in [4.69, 9.17) is 39.5 Å². The number of carbonyl (C=O) groups excluding carboxylic acids is 3. The van der Waals surface area contributed by atoms with Crippen LogP contribution in [0.2, 0.25) is 15.1 Å². The number of fused-ring (bicyclic) bond motifs is 1. The summed E-state index contributed by atoms with van der Waals surface area (Å²) in [5, 5.41) is 7.36. The number of benzene rings is 2. The molecule has 1 aliphatic carbocycles. The van der Waals surface area contributed by atoms with E-state index in [0.717, 1.165) is 37.7 Å². The van der Waals surface area contributed by atoms with E-state index in [-0.39, 0.29) is 30.3 Å². The van der Waals surface area contributed by atoms with Gasteiger partial charge in [0.1, 0.15) is 11.6 Å². The number of hydrogen-bond donors (Lipinski definition) is 2. The Morgan fingerprint density at radius 3 is 2.50 bits per heavy atom. The lowest BCUT2D eigenvalue weighted by molar-refractivity contribution is -0.141. The van der Waals surface area contributed by atoms with Crippen molar-refractivity contribution in [2.75, 3.05) is 11.9 Å². The number of likely N-dealkylation sites (tertiary alicyclic amines) is 1. The quantitative estimate of drug-likeness (QED) is 0.414. The van der Waals surface area contributed by atoms with Crippen molar-refractivity contribution in [3.8, 4) is 0 Å². The van der Waals surface area contributed by atoms with Crippen LogP contribution in [0.3, 0.4) is 0 Å². The third-order valence-corrected chi connectivity index (χ3v) is 9.75. The predicted octanol–water partition coefficient (Wildman–Crippen LogP) is 5.43. The van der Waals surface area contributed by atoms with Gasteiger partial charge in [0.25, 0.3) is 0 Å². The molecule has 2 aromatic carbocycles. The summed E-state index contributed by atoms with van der Waals surface area (Å²) in [6.07, 6.45) is 8.59. The van der Waals surface area contributed by atoms with Crippen LogP contribution in [0.15, 0.2) is 54.6 Å². The van der Waals surface area contributed by atoms with Crippen molar-refractivity contribution in [2.45, 2.75) is 62.3 Å². The van der Waals surface area contributed by atoms with Gasteiger partial charge in [-0.15, -0.1) is 0 Å². The van der Waals surface area contributed by atoms with Crippen LogP contribution in [0.25, 0.3) is 0 Å². The summed E-state index contributed by atoms with van der Waals surface area (Å²) >= 11 is 18.6. The number of hydrogen-bond acceptors (Lipinski definition) is 4. The average molecular weight is 603 g/mol. The van der Waals surface area contributed by atoms with Crippen LogP contribution in [0, 0.1) is 11.8 Å². The van der Waals surface area contributed by atoms with E-state index >= 15 is 0 Å². The molecule has 2 saturated heterocycles. The van der Waals surface area contributed by atoms with Crippen molar-refractivity contribution in [1.82, 2.24) is 10.2 Å². The molecule has 0 aromatic heterocycles. The first-order valence-electron chi connectivity index (χ1n) is 13.8. The normalized spacial score (nSPS) is 29.1. The summed E-state index contributed by atoms with van der Waals surface area (Å²) in [6.45, 7) is 0.270. The highest BCUT2D eigenvalue weighted by molar-refractivity contribution is 6.42. The van der Waals surface area contributed by atoms with Crippen LogP contribution >= 0.6 is 34.8 Å². The first-order chi connectivity index (χ1) is 19.3. The molecule has 4 aliphatic rings. The minimum atomic E-state index is -1.22. The van der Waals surface area contributed by atoms with Crippen LogP contribution in [-0.4, -0.2) is 53.0 Å². The smallest absolute Gasteiger partial charge is 0.246 e. The second-order valence-corrected chi connectivity index (χ2v) is 12.3. The van der Waals surface area contributed by atoms with Crippen LogP contribution < -0.4 is 10.6 Å². The molecule has 0 radical (unpaired) electrons. The van der Waals surface area contributed by atoms with Gasteiger partial charge in [-0.3, -0.25) is 14.4 Å². The first-order valence-corrected chi connectivity index (χ1v) is 14.9. The molecule has 1 spiro atoms. The van der Waals surface area contributed by atoms with Crippen LogP contribution in [0.1, 0.15) is 37.7 Å². The lowest BCUT2D eigenvalue weighted by atomic mass is 9.74. The van der Waals surface area contributed by atoms with E-state index in [0.29, 0.717) is 27.2 Å². The fourth-order valence-electron chi connectivity index (χ4n) is 6.78. The molecular weight excluding hydrogens is 573 g/mol. The molecule has 3 fully saturated rings. The third kappa shape index (κ3) is 4.81. The van der Waals surface area contributed by atoms with Gasteiger partial charge in [-0.05, 0) is 49.1 Å². The van der Waals surface area contributed by atoms with Crippen molar-refractivity contribution in [2.24, 2.45) is 11.8 Å². The van der Waals surface area contributed by atoms with Gasteiger partial charge in [-0.2, -0.15) is 0 Å². The molecule has 3 amide bonds. The monoisotopic (exact) mass is 601 g/mol. The molecule has 2 N–H and O–H groups in total. The largest absolute Gasteiger partial charge is 0.359 e. The standard InChI is InChI=1S/C30H30Cl3N3O4/c31-20-9-5-4-6-17(20)13-15-36-26(28(38)34-18-7-2-1-3-8-18)30-14-12-23(40-30)24(25(30)29(36)39)27(37)35-19-10-11-21(32)22(33)16-19/h4-6,9-12,14,16,18,23-26H,1-3,7-8,13,15H2,(H,34,38)(H,35,37)/t23-,24+,25-,26-,30-/m0/s1. The molecule has 2 bridgehead atoms. The van der Waals surface area contributed by atoms with E-state index in [2.05, 4.69) is 10.6 Å². The Balaban J connectivity index is 1.30. The Bertz CT molecular complexity index is 1380. The third-order valence-electron chi connectivity index (χ3n) is 8.64. The highest BCUT2D eigenvalue weighted by Crippen LogP contribution is 2.55. The van der Waals surface area contributed by atoms with Gasteiger partial charge in [0.15, 0.2) is 0 Å². The van der Waals surface area contributed by atoms with Gasteiger partial charge < -0.3 is 20.3 Å². The number of amides is 3. The molecule has 40 heavy (non-hydrogen) atoms. The van der Waals surface area contributed by atoms with Crippen LogP contribution in [0.5, 0.6) is 0 Å². The van der Waals surface area contributed by atoms with Crippen molar-refractivity contribution >= 4 is 58.2 Å². The van der Waals surface area contributed by atoms with Crippen molar-refractivity contribution in [3.63, 3.8) is 0 Å². The van der Waals surface area contributed by atoms with E-state index in [1.807, 2.05) is 24.3 Å². The number of nitrogens with one attached hydrogen (secondary N) is 2. The van der Waals surface area contributed by atoms with Crippen molar-refractivity contribution in [3.05, 3.63) is 75.2 Å². The summed E-state index contributed by atoms with van der Waals surface area (Å²) in [4.78, 5) is 43.3. The molecule has 10 heteroatoms. The van der Waals surface area contributed by atoms with Gasteiger partial charge in [0.2, 0.25) is 17.7 Å². The van der Waals surface area contributed by atoms with Gasteiger partial charge in [0, 0.05) is 23.3 Å². The van der Waals surface area contributed by atoms with Crippen LogP contribution in [-0.2, 0) is 25.5 Å². The minimum Gasteiger partial charge on any atom is -0.359 e. The zero-order valence-corrected chi connectivity index (χ0v) is 24.0. The maximum absolute atomic E-state index is 14.1. The van der Waals surface area contributed by atoms with E-state index in [9.17, 15) is 14.4 Å². The molecule has 3 aliphatic heterocycles. The molecule has 1 saturated carbocycles. The summed E-state index contributed by atoms with van der Waals surface area (Å²) in [6, 6.07) is 11.4. The first kappa shape index (κ1) is 27.6. The van der Waals surface area contributed by atoms with Crippen LogP contribution in [0.4, 0.5) is 5.69 Å². The molecule has 5 atom stereocenters.